The number of hydrogen-bond acceptors (Lipinski definition) is 5. The van der Waals surface area contributed by atoms with Gasteiger partial charge in [-0.2, -0.15) is 0 Å². The van der Waals surface area contributed by atoms with Crippen LogP contribution < -0.4 is 10.6 Å². The fourth-order valence-corrected chi connectivity index (χ4v) is 1.65. The predicted octanol–water partition coefficient (Wildman–Crippen LogP) is 0.212. The van der Waals surface area contributed by atoms with Crippen LogP contribution in [0.25, 0.3) is 0 Å². The van der Waals surface area contributed by atoms with Crippen LogP contribution in [-0.2, 0) is 4.79 Å². The molecule has 0 aliphatic carbocycles. The predicted molar refractivity (Wildman–Crippen MR) is 60.4 cm³/mol. The van der Waals surface area contributed by atoms with E-state index in [4.69, 9.17) is 5.11 Å². The van der Waals surface area contributed by atoms with E-state index in [1.807, 2.05) is 0 Å². The quantitative estimate of drug-likeness (QED) is 0.705. The van der Waals surface area contributed by atoms with Gasteiger partial charge in [0, 0.05) is 18.8 Å². The molecule has 1 aromatic heterocycles. The van der Waals surface area contributed by atoms with Crippen molar-refractivity contribution in [3.63, 3.8) is 0 Å². The van der Waals surface area contributed by atoms with Crippen LogP contribution in [0.1, 0.15) is 24.3 Å². The molecule has 1 atom stereocenters. The molecule has 0 saturated heterocycles. The summed E-state index contributed by atoms with van der Waals surface area (Å²) in [6.45, 7) is 3.12. The molecule has 16 heavy (non-hydrogen) atoms. The highest BCUT2D eigenvalue weighted by Gasteiger charge is 2.11. The Morgan fingerprint density at radius 2 is 2.31 bits per heavy atom. The van der Waals surface area contributed by atoms with Crippen LogP contribution in [-0.4, -0.2) is 34.6 Å². The molecule has 0 spiro atoms. The fourth-order valence-electron chi connectivity index (χ4n) is 0.917. The number of nitrogens with zero attached hydrogens (tertiary/aromatic N) is 1. The van der Waals surface area contributed by atoms with Crippen molar-refractivity contribution in [2.24, 2.45) is 0 Å². The zero-order valence-electron chi connectivity index (χ0n) is 8.98. The molecule has 0 aromatic carbocycles. The number of rotatable bonds is 4. The number of thiazole rings is 1. The molecule has 3 N–H and O–H groups in total. The number of carbonyl (C=O) groups is 2. The Hall–Kier alpha value is -1.47. The molecule has 7 heteroatoms. The van der Waals surface area contributed by atoms with Gasteiger partial charge in [-0.15, -0.1) is 11.3 Å². The van der Waals surface area contributed by atoms with E-state index in [-0.39, 0.29) is 24.1 Å². The summed E-state index contributed by atoms with van der Waals surface area (Å²) in [5, 5.41) is 15.9. The molecule has 1 rings (SSSR count). The molecular formula is C9H13N3O3S. The van der Waals surface area contributed by atoms with E-state index in [0.29, 0.717) is 5.13 Å². The number of anilines is 1. The Balaban J connectivity index is 2.56. The van der Waals surface area contributed by atoms with Crippen LogP contribution in [0.2, 0.25) is 0 Å². The number of carbonyl (C=O) groups excluding carboxylic acids is 2. The average Bonchev–Trinajstić information content (AvgIpc) is 2.61. The molecule has 0 radical (unpaired) electrons. The molecule has 88 valence electrons. The number of amides is 2. The zero-order valence-corrected chi connectivity index (χ0v) is 9.80. The van der Waals surface area contributed by atoms with Gasteiger partial charge in [0.25, 0.3) is 5.91 Å². The van der Waals surface area contributed by atoms with E-state index in [2.05, 4.69) is 15.6 Å². The van der Waals surface area contributed by atoms with E-state index in [9.17, 15) is 9.59 Å². The SMILES string of the molecule is CC(=O)Nc1nc(C(=O)NCC(C)O)cs1. The van der Waals surface area contributed by atoms with Crippen molar-refractivity contribution >= 4 is 28.3 Å². The second-order valence-corrected chi connectivity index (χ2v) is 4.14. The van der Waals surface area contributed by atoms with Crippen molar-refractivity contribution in [2.75, 3.05) is 11.9 Å². The summed E-state index contributed by atoms with van der Waals surface area (Å²) in [5.74, 6) is -0.598. The normalized spacial score (nSPS) is 11.9. The maximum absolute atomic E-state index is 11.5. The summed E-state index contributed by atoms with van der Waals surface area (Å²) in [5.41, 5.74) is 0.231. The Morgan fingerprint density at radius 3 is 2.88 bits per heavy atom. The highest BCUT2D eigenvalue weighted by Crippen LogP contribution is 2.14. The number of aromatic nitrogens is 1. The molecule has 0 fully saturated rings. The molecule has 0 aliphatic heterocycles. The Kier molecular flexibility index (Phi) is 4.39. The Bertz CT molecular complexity index is 389. The molecule has 6 nitrogen and oxygen atoms in total. The van der Waals surface area contributed by atoms with Crippen LogP contribution in [0.3, 0.4) is 0 Å². The number of aliphatic hydroxyl groups is 1. The lowest BCUT2D eigenvalue weighted by atomic mass is 10.4. The van der Waals surface area contributed by atoms with Gasteiger partial charge in [-0.1, -0.05) is 0 Å². The molecule has 0 aliphatic rings. The fraction of sp³-hybridized carbons (Fsp3) is 0.444. The van der Waals surface area contributed by atoms with Gasteiger partial charge in [0.15, 0.2) is 5.13 Å². The average molecular weight is 243 g/mol. The second-order valence-electron chi connectivity index (χ2n) is 3.28. The Labute approximate surface area is 96.7 Å². The summed E-state index contributed by atoms with van der Waals surface area (Å²) in [6.07, 6.45) is -0.600. The summed E-state index contributed by atoms with van der Waals surface area (Å²) in [4.78, 5) is 26.1. The summed E-state index contributed by atoms with van der Waals surface area (Å²) in [6, 6.07) is 0. The molecule has 1 unspecified atom stereocenters. The number of hydrogen-bond donors (Lipinski definition) is 3. The van der Waals surface area contributed by atoms with E-state index >= 15 is 0 Å². The van der Waals surface area contributed by atoms with Crippen LogP contribution in [0, 0.1) is 0 Å². The first kappa shape index (κ1) is 12.6. The third-order valence-corrected chi connectivity index (χ3v) is 2.34. The van der Waals surface area contributed by atoms with Gasteiger partial charge in [-0.3, -0.25) is 9.59 Å². The van der Waals surface area contributed by atoms with E-state index in [1.54, 1.807) is 12.3 Å². The van der Waals surface area contributed by atoms with Gasteiger partial charge >= 0.3 is 0 Å². The third kappa shape index (κ3) is 3.95. The molecular weight excluding hydrogens is 230 g/mol. The van der Waals surface area contributed by atoms with Crippen LogP contribution in [0.15, 0.2) is 5.38 Å². The smallest absolute Gasteiger partial charge is 0.270 e. The lowest BCUT2D eigenvalue weighted by Gasteiger charge is -2.04. The first-order valence-electron chi connectivity index (χ1n) is 4.68. The van der Waals surface area contributed by atoms with E-state index in [0.717, 1.165) is 0 Å². The van der Waals surface area contributed by atoms with Gasteiger partial charge in [0.1, 0.15) is 5.69 Å². The largest absolute Gasteiger partial charge is 0.392 e. The lowest BCUT2D eigenvalue weighted by molar-refractivity contribution is -0.114. The number of nitrogens with one attached hydrogen (secondary N) is 2. The van der Waals surface area contributed by atoms with Gasteiger partial charge in [0.2, 0.25) is 5.91 Å². The van der Waals surface area contributed by atoms with Gasteiger partial charge in [0.05, 0.1) is 6.10 Å². The van der Waals surface area contributed by atoms with Crippen molar-refractivity contribution in [2.45, 2.75) is 20.0 Å². The van der Waals surface area contributed by atoms with Gasteiger partial charge < -0.3 is 15.7 Å². The van der Waals surface area contributed by atoms with Crippen molar-refractivity contribution < 1.29 is 14.7 Å². The first-order valence-corrected chi connectivity index (χ1v) is 5.56. The van der Waals surface area contributed by atoms with Crippen molar-refractivity contribution in [3.05, 3.63) is 11.1 Å². The first-order chi connectivity index (χ1) is 7.49. The summed E-state index contributed by atoms with van der Waals surface area (Å²) >= 11 is 1.17. The maximum atomic E-state index is 11.5. The Morgan fingerprint density at radius 1 is 1.62 bits per heavy atom. The minimum absolute atomic E-state index is 0.172. The van der Waals surface area contributed by atoms with E-state index in [1.165, 1.54) is 18.3 Å². The van der Waals surface area contributed by atoms with Crippen LogP contribution in [0.5, 0.6) is 0 Å². The molecule has 0 bridgehead atoms. The van der Waals surface area contributed by atoms with Crippen molar-refractivity contribution in [1.82, 2.24) is 10.3 Å². The monoisotopic (exact) mass is 243 g/mol. The van der Waals surface area contributed by atoms with Crippen LogP contribution in [0.4, 0.5) is 5.13 Å². The van der Waals surface area contributed by atoms with Gasteiger partial charge in [-0.25, -0.2) is 4.98 Å². The standard InChI is InChI=1S/C9H13N3O3S/c1-5(13)3-10-8(15)7-4-16-9(12-7)11-6(2)14/h4-5,13H,3H2,1-2H3,(H,10,15)(H,11,12,14). The molecule has 1 heterocycles. The maximum Gasteiger partial charge on any atom is 0.270 e. The second kappa shape index (κ2) is 5.57. The van der Waals surface area contributed by atoms with Crippen molar-refractivity contribution in [1.29, 1.82) is 0 Å². The highest BCUT2D eigenvalue weighted by atomic mass is 32.1. The molecule has 2 amide bonds. The van der Waals surface area contributed by atoms with E-state index < -0.39 is 6.10 Å². The number of aliphatic hydroxyl groups excluding tert-OH is 1. The topological polar surface area (TPSA) is 91.3 Å². The third-order valence-electron chi connectivity index (χ3n) is 1.58. The van der Waals surface area contributed by atoms with Crippen LogP contribution >= 0.6 is 11.3 Å². The zero-order chi connectivity index (χ0) is 12.1. The van der Waals surface area contributed by atoms with Gasteiger partial charge in [-0.05, 0) is 6.92 Å². The highest BCUT2D eigenvalue weighted by molar-refractivity contribution is 7.14. The lowest BCUT2D eigenvalue weighted by Crippen LogP contribution is -2.30. The van der Waals surface area contributed by atoms with Crippen molar-refractivity contribution in [3.8, 4) is 0 Å². The molecule has 1 aromatic rings. The summed E-state index contributed by atoms with van der Waals surface area (Å²) in [7, 11) is 0. The molecule has 0 saturated carbocycles. The minimum atomic E-state index is -0.600. The summed E-state index contributed by atoms with van der Waals surface area (Å²) < 4.78 is 0. The minimum Gasteiger partial charge on any atom is -0.392 e.